The Morgan fingerprint density at radius 2 is 1.80 bits per heavy atom. The lowest BCUT2D eigenvalue weighted by atomic mass is 10.1. The molecule has 1 aliphatic rings. The summed E-state index contributed by atoms with van der Waals surface area (Å²) in [6.07, 6.45) is 2.27. The van der Waals surface area contributed by atoms with Crippen LogP contribution >= 0.6 is 0 Å². The van der Waals surface area contributed by atoms with Gasteiger partial charge >= 0.3 is 0 Å². The van der Waals surface area contributed by atoms with Gasteiger partial charge in [-0.05, 0) is 86.3 Å². The number of unbranched alkanes of at least 4 members (excludes halogenated alkanes) is 1. The number of nitrogens with zero attached hydrogens (tertiary/aromatic N) is 3. The van der Waals surface area contributed by atoms with E-state index in [1.807, 2.05) is 24.3 Å². The second-order valence-corrected chi connectivity index (χ2v) is 9.29. The zero-order valence-corrected chi connectivity index (χ0v) is 20.2. The number of anilines is 1. The van der Waals surface area contributed by atoms with Crippen LogP contribution in [0.4, 0.5) is 10.1 Å². The van der Waals surface area contributed by atoms with Gasteiger partial charge in [-0.1, -0.05) is 18.2 Å². The molecular weight excluding hydrogens is 441 g/mol. The summed E-state index contributed by atoms with van der Waals surface area (Å²) in [6, 6.07) is 20.4. The van der Waals surface area contributed by atoms with Crippen LogP contribution in [0.15, 0.2) is 66.7 Å². The molecule has 1 unspecified atom stereocenters. The fourth-order valence-corrected chi connectivity index (χ4v) is 4.76. The van der Waals surface area contributed by atoms with E-state index in [-0.39, 0.29) is 17.6 Å². The number of rotatable bonds is 8. The predicted molar refractivity (Wildman–Crippen MR) is 136 cm³/mol. The molecule has 1 atom stereocenters. The summed E-state index contributed by atoms with van der Waals surface area (Å²) in [5.74, 6) is 1.58. The maximum atomic E-state index is 13.4. The van der Waals surface area contributed by atoms with Crippen molar-refractivity contribution in [3.05, 3.63) is 89.5 Å². The molecule has 0 aliphatic carbocycles. The van der Waals surface area contributed by atoms with E-state index in [9.17, 15) is 9.18 Å². The molecule has 0 bridgehead atoms. The van der Waals surface area contributed by atoms with E-state index in [1.165, 1.54) is 23.3 Å². The number of aromatic nitrogens is 2. The van der Waals surface area contributed by atoms with E-state index < -0.39 is 0 Å². The van der Waals surface area contributed by atoms with Crippen LogP contribution in [0.5, 0.6) is 5.75 Å². The molecule has 1 amide bonds. The number of halogens is 1. The van der Waals surface area contributed by atoms with Gasteiger partial charge in [0.15, 0.2) is 0 Å². The maximum absolute atomic E-state index is 13.4. The summed E-state index contributed by atoms with van der Waals surface area (Å²) in [5, 5.41) is 0. The fraction of sp³-hybridized carbons (Fsp3) is 0.310. The number of hydrogen-bond donors (Lipinski definition) is 0. The zero-order valence-electron chi connectivity index (χ0n) is 20.2. The van der Waals surface area contributed by atoms with Gasteiger partial charge in [-0.15, -0.1) is 0 Å². The lowest BCUT2D eigenvalue weighted by molar-refractivity contribution is -0.117. The Morgan fingerprint density at radius 1 is 1.00 bits per heavy atom. The second kappa shape index (κ2) is 9.90. The molecule has 1 aromatic heterocycles. The fourth-order valence-electron chi connectivity index (χ4n) is 4.76. The van der Waals surface area contributed by atoms with E-state index in [2.05, 4.69) is 36.6 Å². The predicted octanol–water partition coefficient (Wildman–Crippen LogP) is 6.17. The molecule has 35 heavy (non-hydrogen) atoms. The summed E-state index contributed by atoms with van der Waals surface area (Å²) >= 11 is 0. The first kappa shape index (κ1) is 23.1. The first-order chi connectivity index (χ1) is 17.0. The lowest BCUT2D eigenvalue weighted by Gasteiger charge is -2.17. The minimum Gasteiger partial charge on any atom is -0.494 e. The summed E-state index contributed by atoms with van der Waals surface area (Å²) in [6.45, 7) is 6.21. The van der Waals surface area contributed by atoms with Crippen molar-refractivity contribution in [2.45, 2.75) is 45.6 Å². The Morgan fingerprint density at radius 3 is 2.60 bits per heavy atom. The molecule has 6 heteroatoms. The van der Waals surface area contributed by atoms with Crippen molar-refractivity contribution >= 4 is 22.6 Å². The third kappa shape index (κ3) is 4.92. The van der Waals surface area contributed by atoms with Crippen molar-refractivity contribution in [1.29, 1.82) is 0 Å². The van der Waals surface area contributed by atoms with Gasteiger partial charge in [-0.3, -0.25) is 4.79 Å². The van der Waals surface area contributed by atoms with Gasteiger partial charge in [0.05, 0.1) is 17.6 Å². The van der Waals surface area contributed by atoms with Crippen LogP contribution in [0.25, 0.3) is 11.0 Å². The number of carbonyl (C=O) groups excluding carboxylic acids is 1. The average Bonchev–Trinajstić information content (AvgIpc) is 3.42. The molecule has 0 radical (unpaired) electrons. The number of hydrogen-bond acceptors (Lipinski definition) is 3. The number of carbonyl (C=O) groups is 1. The highest BCUT2D eigenvalue weighted by molar-refractivity contribution is 5.96. The summed E-state index contributed by atoms with van der Waals surface area (Å²) in [7, 11) is 0. The summed E-state index contributed by atoms with van der Waals surface area (Å²) < 4.78 is 21.6. The van der Waals surface area contributed by atoms with Gasteiger partial charge in [0.2, 0.25) is 5.91 Å². The molecular formula is C29H30FN3O2. The number of para-hydroxylation sites is 2. The number of fused-ring (bicyclic) bond motifs is 1. The van der Waals surface area contributed by atoms with Crippen molar-refractivity contribution in [3.8, 4) is 5.75 Å². The van der Waals surface area contributed by atoms with E-state index in [4.69, 9.17) is 9.72 Å². The van der Waals surface area contributed by atoms with E-state index >= 15 is 0 Å². The third-order valence-corrected chi connectivity index (χ3v) is 6.84. The quantitative estimate of drug-likeness (QED) is 0.289. The van der Waals surface area contributed by atoms with Crippen LogP contribution in [0.2, 0.25) is 0 Å². The van der Waals surface area contributed by atoms with Crippen LogP contribution in [0.3, 0.4) is 0 Å². The topological polar surface area (TPSA) is 47.4 Å². The van der Waals surface area contributed by atoms with Crippen LogP contribution in [-0.2, 0) is 11.3 Å². The highest BCUT2D eigenvalue weighted by Crippen LogP contribution is 2.33. The second-order valence-electron chi connectivity index (χ2n) is 9.29. The smallest absolute Gasteiger partial charge is 0.227 e. The molecule has 1 aliphatic heterocycles. The molecule has 5 nitrogen and oxygen atoms in total. The van der Waals surface area contributed by atoms with Gasteiger partial charge in [-0.2, -0.15) is 0 Å². The molecule has 4 aromatic rings. The average molecular weight is 472 g/mol. The Balaban J connectivity index is 1.28. The number of amides is 1. The Bertz CT molecular complexity index is 1350. The normalized spacial score (nSPS) is 15.8. The monoisotopic (exact) mass is 471 g/mol. The molecule has 0 spiro atoms. The van der Waals surface area contributed by atoms with Crippen molar-refractivity contribution < 1.29 is 13.9 Å². The van der Waals surface area contributed by atoms with Crippen LogP contribution in [0, 0.1) is 19.7 Å². The van der Waals surface area contributed by atoms with Crippen molar-refractivity contribution in [1.82, 2.24) is 9.55 Å². The van der Waals surface area contributed by atoms with Crippen molar-refractivity contribution in [2.24, 2.45) is 0 Å². The van der Waals surface area contributed by atoms with Gasteiger partial charge in [0.1, 0.15) is 17.4 Å². The van der Waals surface area contributed by atoms with Gasteiger partial charge < -0.3 is 14.2 Å². The molecule has 0 saturated carbocycles. The van der Waals surface area contributed by atoms with Crippen LogP contribution in [-0.4, -0.2) is 28.6 Å². The van der Waals surface area contributed by atoms with Crippen molar-refractivity contribution in [3.63, 3.8) is 0 Å². The molecule has 180 valence electrons. The third-order valence-electron chi connectivity index (χ3n) is 6.84. The van der Waals surface area contributed by atoms with E-state index in [1.54, 1.807) is 17.0 Å². The molecule has 0 N–H and O–H groups in total. The highest BCUT2D eigenvalue weighted by Gasteiger charge is 2.34. The first-order valence-electron chi connectivity index (χ1n) is 12.2. The highest BCUT2D eigenvalue weighted by atomic mass is 19.1. The molecule has 1 fully saturated rings. The van der Waals surface area contributed by atoms with Gasteiger partial charge in [0, 0.05) is 31.1 Å². The maximum Gasteiger partial charge on any atom is 0.227 e. The summed E-state index contributed by atoms with van der Waals surface area (Å²) in [4.78, 5) is 19.5. The van der Waals surface area contributed by atoms with Crippen LogP contribution < -0.4 is 9.64 Å². The Kier molecular flexibility index (Phi) is 6.53. The Hall–Kier alpha value is -3.67. The standard InChI is InChI=1S/C29H30FN3O2/c1-20-9-14-25(17-21(20)2)35-16-6-5-15-32-27-8-4-3-7-26(27)31-29(32)22-18-28(34)33(19-22)24-12-10-23(30)11-13-24/h3-4,7-14,17,22H,5-6,15-16,18-19H2,1-2H3. The summed E-state index contributed by atoms with van der Waals surface area (Å²) in [5.41, 5.74) is 5.26. The molecule has 2 heterocycles. The lowest BCUT2D eigenvalue weighted by Crippen LogP contribution is -2.24. The molecule has 3 aromatic carbocycles. The van der Waals surface area contributed by atoms with Crippen molar-refractivity contribution in [2.75, 3.05) is 18.1 Å². The minimum absolute atomic E-state index is 0.00765. The zero-order chi connectivity index (χ0) is 24.4. The number of benzene rings is 3. The number of imidazole rings is 1. The largest absolute Gasteiger partial charge is 0.494 e. The van der Waals surface area contributed by atoms with E-state index in [0.717, 1.165) is 47.7 Å². The van der Waals surface area contributed by atoms with Gasteiger partial charge in [0.25, 0.3) is 0 Å². The Labute approximate surface area is 205 Å². The van der Waals surface area contributed by atoms with E-state index in [0.29, 0.717) is 19.6 Å². The molecule has 5 rings (SSSR count). The number of aryl methyl sites for hydroxylation is 3. The number of ether oxygens (including phenoxy) is 1. The van der Waals surface area contributed by atoms with Gasteiger partial charge in [-0.25, -0.2) is 9.37 Å². The van der Waals surface area contributed by atoms with Crippen LogP contribution in [0.1, 0.15) is 42.1 Å². The molecule has 1 saturated heterocycles. The minimum atomic E-state index is -0.305. The SMILES string of the molecule is Cc1ccc(OCCCCn2c(C3CC(=O)N(c4ccc(F)cc4)C3)nc3ccccc32)cc1C. The first-order valence-corrected chi connectivity index (χ1v) is 12.2.